The van der Waals surface area contributed by atoms with E-state index >= 15 is 0 Å². The van der Waals surface area contributed by atoms with Crippen molar-refractivity contribution in [1.29, 1.82) is 0 Å². The van der Waals surface area contributed by atoms with Crippen LogP contribution in [0.5, 0.6) is 23.0 Å². The molecule has 0 spiro atoms. The predicted molar refractivity (Wildman–Crippen MR) is 101 cm³/mol. The van der Waals surface area contributed by atoms with Gasteiger partial charge in [0.1, 0.15) is 11.5 Å². The number of ketones is 2. The third-order valence-corrected chi connectivity index (χ3v) is 5.42. The van der Waals surface area contributed by atoms with E-state index in [1.54, 1.807) is 12.1 Å². The molecule has 146 valence electrons. The number of hydrogen-bond acceptors (Lipinski definition) is 7. The number of aromatic hydroxyl groups is 2. The molecule has 0 bridgehead atoms. The highest BCUT2D eigenvalue weighted by molar-refractivity contribution is 7.89. The summed E-state index contributed by atoms with van der Waals surface area (Å²) in [5, 5.41) is 26.0. The van der Waals surface area contributed by atoms with E-state index < -0.39 is 33.1 Å². The fourth-order valence-electron chi connectivity index (χ4n) is 3.14. The van der Waals surface area contributed by atoms with Gasteiger partial charge in [0.05, 0.1) is 16.0 Å². The maximum Gasteiger partial charge on any atom is 0.238 e. The first-order chi connectivity index (χ1) is 13.7. The number of phenolic OH excluding ortho intramolecular Hbond substituents is 2. The summed E-state index contributed by atoms with van der Waals surface area (Å²) in [6.07, 6.45) is 0. The Morgan fingerprint density at radius 3 is 1.93 bits per heavy atom. The molecule has 29 heavy (non-hydrogen) atoms. The zero-order valence-corrected chi connectivity index (χ0v) is 15.4. The Hall–Kier alpha value is -3.69. The van der Waals surface area contributed by atoms with Crippen LogP contribution in [0.25, 0.3) is 0 Å². The van der Waals surface area contributed by atoms with Crippen molar-refractivity contribution < 1.29 is 33.0 Å². The first-order valence-corrected chi connectivity index (χ1v) is 9.81. The maximum atomic E-state index is 12.8. The van der Waals surface area contributed by atoms with Crippen LogP contribution in [-0.4, -0.2) is 30.2 Å². The Balaban J connectivity index is 1.79. The third kappa shape index (κ3) is 3.02. The van der Waals surface area contributed by atoms with Gasteiger partial charge in [0.15, 0.2) is 23.1 Å². The number of carbonyl (C=O) groups is 2. The highest BCUT2D eigenvalue weighted by Crippen LogP contribution is 2.44. The molecule has 0 atom stereocenters. The fraction of sp³-hybridized carbons (Fsp3) is 0. The standard InChI is InChI=1S/C20H13NO7S/c21-29(26,27)11-7-5-10(6-8-11)28-15-9-14(22)16-17(20(15)25)19(24)13-4-2-1-3-12(13)18(16)23/h1-9,22,25H,(H2,21,26,27). The van der Waals surface area contributed by atoms with E-state index in [0.29, 0.717) is 0 Å². The Labute approximate surface area is 164 Å². The molecular weight excluding hydrogens is 398 g/mol. The highest BCUT2D eigenvalue weighted by atomic mass is 32.2. The minimum absolute atomic E-state index is 0.106. The number of phenols is 2. The zero-order valence-electron chi connectivity index (χ0n) is 14.6. The SMILES string of the molecule is NS(=O)(=O)c1ccc(Oc2cc(O)c3c(c2O)C(=O)c2ccccc2C3=O)cc1. The molecule has 4 rings (SSSR count). The van der Waals surface area contributed by atoms with Crippen molar-refractivity contribution in [2.75, 3.05) is 0 Å². The third-order valence-electron chi connectivity index (χ3n) is 4.49. The number of sulfonamides is 1. The normalized spacial score (nSPS) is 13.0. The lowest BCUT2D eigenvalue weighted by atomic mass is 9.83. The van der Waals surface area contributed by atoms with E-state index in [4.69, 9.17) is 9.88 Å². The smallest absolute Gasteiger partial charge is 0.238 e. The van der Waals surface area contributed by atoms with Gasteiger partial charge < -0.3 is 14.9 Å². The molecule has 4 N–H and O–H groups in total. The molecule has 3 aromatic rings. The van der Waals surface area contributed by atoms with Crippen LogP contribution >= 0.6 is 0 Å². The van der Waals surface area contributed by atoms with Gasteiger partial charge in [-0.2, -0.15) is 0 Å². The highest BCUT2D eigenvalue weighted by Gasteiger charge is 2.36. The average Bonchev–Trinajstić information content (AvgIpc) is 2.68. The number of benzene rings is 3. The second kappa shape index (κ2) is 6.43. The van der Waals surface area contributed by atoms with Crippen molar-refractivity contribution >= 4 is 21.6 Å². The minimum Gasteiger partial charge on any atom is -0.507 e. The predicted octanol–water partition coefficient (Wildman–Crippen LogP) is 2.31. The van der Waals surface area contributed by atoms with Crippen LogP contribution in [0.15, 0.2) is 59.5 Å². The summed E-state index contributed by atoms with van der Waals surface area (Å²) in [5.41, 5.74) is -0.422. The molecule has 3 aromatic carbocycles. The molecule has 0 unspecified atom stereocenters. The number of fused-ring (bicyclic) bond motifs is 2. The molecule has 0 aliphatic heterocycles. The Bertz CT molecular complexity index is 1300. The average molecular weight is 411 g/mol. The molecule has 0 radical (unpaired) electrons. The van der Waals surface area contributed by atoms with Gasteiger partial charge >= 0.3 is 0 Å². The molecule has 1 aliphatic carbocycles. The van der Waals surface area contributed by atoms with Gasteiger partial charge in [0.25, 0.3) is 0 Å². The van der Waals surface area contributed by atoms with Crippen LogP contribution in [0.4, 0.5) is 0 Å². The summed E-state index contributed by atoms with van der Waals surface area (Å²) >= 11 is 0. The molecule has 0 fully saturated rings. The van der Waals surface area contributed by atoms with Crippen LogP contribution in [0.3, 0.4) is 0 Å². The van der Waals surface area contributed by atoms with Crippen LogP contribution in [0.1, 0.15) is 31.8 Å². The maximum absolute atomic E-state index is 12.8. The van der Waals surface area contributed by atoms with E-state index in [9.17, 15) is 28.2 Å². The van der Waals surface area contributed by atoms with Crippen LogP contribution in [0.2, 0.25) is 0 Å². The van der Waals surface area contributed by atoms with Gasteiger partial charge in [0.2, 0.25) is 10.0 Å². The van der Waals surface area contributed by atoms with Gasteiger partial charge in [-0.1, -0.05) is 24.3 Å². The van der Waals surface area contributed by atoms with E-state index in [2.05, 4.69) is 0 Å². The van der Waals surface area contributed by atoms with Gasteiger partial charge in [-0.15, -0.1) is 0 Å². The van der Waals surface area contributed by atoms with E-state index in [1.165, 1.54) is 36.4 Å². The number of hydrogen-bond donors (Lipinski definition) is 3. The van der Waals surface area contributed by atoms with Crippen LogP contribution in [-0.2, 0) is 10.0 Å². The minimum atomic E-state index is -3.89. The summed E-state index contributed by atoms with van der Waals surface area (Å²) in [6, 6.07) is 12.1. The van der Waals surface area contributed by atoms with Crippen molar-refractivity contribution in [3.8, 4) is 23.0 Å². The van der Waals surface area contributed by atoms with Crippen molar-refractivity contribution in [3.63, 3.8) is 0 Å². The molecule has 0 heterocycles. The Kier molecular flexibility index (Phi) is 4.14. The van der Waals surface area contributed by atoms with Crippen molar-refractivity contribution in [1.82, 2.24) is 0 Å². The monoisotopic (exact) mass is 411 g/mol. The lowest BCUT2D eigenvalue weighted by Crippen LogP contribution is -2.21. The molecule has 0 aromatic heterocycles. The molecule has 0 saturated carbocycles. The van der Waals surface area contributed by atoms with E-state index in [0.717, 1.165) is 6.07 Å². The van der Waals surface area contributed by atoms with Crippen LogP contribution in [0, 0.1) is 0 Å². The number of rotatable bonds is 3. The molecule has 8 nitrogen and oxygen atoms in total. The first-order valence-electron chi connectivity index (χ1n) is 8.26. The number of carbonyl (C=O) groups excluding carboxylic acids is 2. The molecule has 0 amide bonds. The van der Waals surface area contributed by atoms with Gasteiger partial charge in [-0.25, -0.2) is 13.6 Å². The number of ether oxygens (including phenoxy) is 1. The number of primary sulfonamides is 1. The lowest BCUT2D eigenvalue weighted by Gasteiger charge is -2.21. The quantitative estimate of drug-likeness (QED) is 0.439. The van der Waals surface area contributed by atoms with E-state index in [-0.39, 0.29) is 38.6 Å². The first kappa shape index (κ1) is 18.7. The topological polar surface area (TPSA) is 144 Å². The Morgan fingerprint density at radius 2 is 1.38 bits per heavy atom. The second-order valence-corrected chi connectivity index (χ2v) is 7.88. The summed E-state index contributed by atoms with van der Waals surface area (Å²) in [5.74, 6) is -2.51. The summed E-state index contributed by atoms with van der Waals surface area (Å²) < 4.78 is 28.1. The molecule has 0 saturated heterocycles. The summed E-state index contributed by atoms with van der Waals surface area (Å²) in [6.45, 7) is 0. The number of nitrogens with two attached hydrogens (primary N) is 1. The van der Waals surface area contributed by atoms with Gasteiger partial charge in [0, 0.05) is 17.2 Å². The second-order valence-electron chi connectivity index (χ2n) is 6.31. The van der Waals surface area contributed by atoms with Crippen LogP contribution < -0.4 is 9.88 Å². The lowest BCUT2D eigenvalue weighted by molar-refractivity contribution is 0.0973. The van der Waals surface area contributed by atoms with Gasteiger partial charge in [-0.05, 0) is 24.3 Å². The zero-order chi connectivity index (χ0) is 20.9. The molecule has 9 heteroatoms. The van der Waals surface area contributed by atoms with E-state index in [1.807, 2.05) is 0 Å². The van der Waals surface area contributed by atoms with Crippen molar-refractivity contribution in [2.24, 2.45) is 5.14 Å². The van der Waals surface area contributed by atoms with Gasteiger partial charge in [-0.3, -0.25) is 9.59 Å². The van der Waals surface area contributed by atoms with Crippen molar-refractivity contribution in [2.45, 2.75) is 4.90 Å². The summed E-state index contributed by atoms with van der Waals surface area (Å²) in [4.78, 5) is 25.4. The largest absolute Gasteiger partial charge is 0.507 e. The van der Waals surface area contributed by atoms with Crippen molar-refractivity contribution in [3.05, 3.63) is 76.9 Å². The molecular formula is C20H13NO7S. The fourth-order valence-corrected chi connectivity index (χ4v) is 3.65. The Morgan fingerprint density at radius 1 is 0.828 bits per heavy atom. The molecule has 1 aliphatic rings. The summed E-state index contributed by atoms with van der Waals surface area (Å²) in [7, 11) is -3.89.